The van der Waals surface area contributed by atoms with Crippen LogP contribution in [0.15, 0.2) is 0 Å². The van der Waals surface area contributed by atoms with Gasteiger partial charge in [-0.1, -0.05) is 6.92 Å². The van der Waals surface area contributed by atoms with Gasteiger partial charge in [-0.2, -0.15) is 11.8 Å². The van der Waals surface area contributed by atoms with E-state index in [1.165, 1.54) is 7.11 Å². The zero-order valence-corrected chi connectivity index (χ0v) is 11.5. The van der Waals surface area contributed by atoms with E-state index in [4.69, 9.17) is 9.84 Å². The molecule has 0 radical (unpaired) electrons. The van der Waals surface area contributed by atoms with E-state index in [1.807, 2.05) is 11.8 Å². The maximum absolute atomic E-state index is 11.9. The maximum Gasteiger partial charge on any atom is 0.328 e. The fraction of sp³-hybridized carbons (Fsp3) is 0.818. The molecule has 18 heavy (non-hydrogen) atoms. The Morgan fingerprint density at radius 1 is 1.61 bits per heavy atom. The summed E-state index contributed by atoms with van der Waals surface area (Å²) in [5, 5.41) is 11.9. The Labute approximate surface area is 111 Å². The maximum atomic E-state index is 11.9. The van der Waals surface area contributed by atoms with Crippen LogP contribution in [0.25, 0.3) is 0 Å². The van der Waals surface area contributed by atoms with Gasteiger partial charge in [0, 0.05) is 31.2 Å². The minimum absolute atomic E-state index is 0.0269. The number of hydrogen-bond acceptors (Lipinski definition) is 4. The number of nitrogens with one attached hydrogen (secondary N) is 1. The molecule has 1 saturated heterocycles. The smallest absolute Gasteiger partial charge is 0.328 e. The van der Waals surface area contributed by atoms with Gasteiger partial charge in [-0.15, -0.1) is 0 Å². The van der Waals surface area contributed by atoms with Crippen LogP contribution in [0.2, 0.25) is 0 Å². The zero-order chi connectivity index (χ0) is 13.5. The lowest BCUT2D eigenvalue weighted by atomic mass is 10.3. The molecule has 2 unspecified atom stereocenters. The van der Waals surface area contributed by atoms with Gasteiger partial charge in [0.15, 0.2) is 6.04 Å². The van der Waals surface area contributed by atoms with E-state index in [0.29, 0.717) is 18.3 Å². The predicted octanol–water partition coefficient (Wildman–Crippen LogP) is 0.623. The normalized spacial score (nSPS) is 21.4. The van der Waals surface area contributed by atoms with Crippen molar-refractivity contribution < 1.29 is 19.4 Å². The summed E-state index contributed by atoms with van der Waals surface area (Å²) < 4.78 is 4.78. The number of thioether (sulfide) groups is 1. The number of carboxylic acids is 1. The van der Waals surface area contributed by atoms with Crippen LogP contribution in [-0.4, -0.2) is 65.9 Å². The van der Waals surface area contributed by atoms with Gasteiger partial charge in [0.1, 0.15) is 0 Å². The molecule has 6 nitrogen and oxygen atoms in total. The second-order valence-electron chi connectivity index (χ2n) is 4.14. The van der Waals surface area contributed by atoms with E-state index in [0.717, 1.165) is 12.2 Å². The molecular formula is C11H20N2O4S. The van der Waals surface area contributed by atoms with E-state index in [9.17, 15) is 9.59 Å². The lowest BCUT2D eigenvalue weighted by molar-refractivity contribution is -0.140. The van der Waals surface area contributed by atoms with Crippen LogP contribution in [0.5, 0.6) is 0 Å². The second-order valence-corrected chi connectivity index (χ2v) is 5.55. The molecule has 1 heterocycles. The molecule has 0 aromatic rings. The molecule has 1 aliphatic rings. The molecule has 104 valence electrons. The van der Waals surface area contributed by atoms with Crippen LogP contribution in [0.4, 0.5) is 4.79 Å². The van der Waals surface area contributed by atoms with E-state index in [2.05, 4.69) is 12.2 Å². The monoisotopic (exact) mass is 276 g/mol. The van der Waals surface area contributed by atoms with Gasteiger partial charge in [-0.3, -0.25) is 0 Å². The molecule has 1 rings (SSSR count). The Morgan fingerprint density at radius 2 is 2.33 bits per heavy atom. The molecule has 0 bridgehead atoms. The van der Waals surface area contributed by atoms with Crippen molar-refractivity contribution in [3.8, 4) is 0 Å². The molecule has 2 atom stereocenters. The summed E-state index contributed by atoms with van der Waals surface area (Å²) in [6, 6.07) is -1.31. The topological polar surface area (TPSA) is 78.9 Å². The van der Waals surface area contributed by atoms with Crippen LogP contribution in [0, 0.1) is 0 Å². The third-order valence-corrected chi connectivity index (χ3v) is 4.18. The van der Waals surface area contributed by atoms with Gasteiger partial charge in [0.05, 0.1) is 6.61 Å². The Bertz CT molecular complexity index is 301. The standard InChI is InChI=1S/C11H20N2O4S/c1-3-8-6-13(4-5-18-8)11(16)12-9(7-17-2)10(14)15/h8-9H,3-7H2,1-2H3,(H,12,16)(H,14,15). The number of methoxy groups -OCH3 is 1. The number of carbonyl (C=O) groups is 2. The van der Waals surface area contributed by atoms with Crippen molar-refractivity contribution in [2.75, 3.05) is 32.6 Å². The second kappa shape index (κ2) is 7.48. The molecular weight excluding hydrogens is 256 g/mol. The number of ether oxygens (including phenoxy) is 1. The lowest BCUT2D eigenvalue weighted by Gasteiger charge is -2.32. The van der Waals surface area contributed by atoms with E-state index < -0.39 is 12.0 Å². The van der Waals surface area contributed by atoms with Crippen molar-refractivity contribution in [2.45, 2.75) is 24.6 Å². The van der Waals surface area contributed by atoms with Crippen molar-refractivity contribution in [3.05, 3.63) is 0 Å². The van der Waals surface area contributed by atoms with Crippen LogP contribution in [-0.2, 0) is 9.53 Å². The number of nitrogens with zero attached hydrogens (tertiary/aromatic N) is 1. The van der Waals surface area contributed by atoms with Crippen molar-refractivity contribution in [2.24, 2.45) is 0 Å². The molecule has 2 amide bonds. The van der Waals surface area contributed by atoms with Gasteiger partial charge < -0.3 is 20.1 Å². The van der Waals surface area contributed by atoms with Crippen LogP contribution in [0.3, 0.4) is 0 Å². The Hall–Kier alpha value is -0.950. The van der Waals surface area contributed by atoms with Crippen LogP contribution >= 0.6 is 11.8 Å². The quantitative estimate of drug-likeness (QED) is 0.769. The average Bonchev–Trinajstić information content (AvgIpc) is 2.38. The molecule has 0 aromatic carbocycles. The Balaban J connectivity index is 2.50. The fourth-order valence-corrected chi connectivity index (χ4v) is 2.91. The molecule has 0 spiro atoms. The summed E-state index contributed by atoms with van der Waals surface area (Å²) in [6.45, 7) is 3.39. The Kier molecular flexibility index (Phi) is 6.28. The molecule has 0 aliphatic carbocycles. The van der Waals surface area contributed by atoms with Crippen molar-refractivity contribution >= 4 is 23.8 Å². The molecule has 0 saturated carbocycles. The predicted molar refractivity (Wildman–Crippen MR) is 69.9 cm³/mol. The average molecular weight is 276 g/mol. The highest BCUT2D eigenvalue weighted by molar-refractivity contribution is 8.00. The van der Waals surface area contributed by atoms with Gasteiger partial charge in [-0.25, -0.2) is 9.59 Å². The molecule has 1 fully saturated rings. The first kappa shape index (κ1) is 15.1. The largest absolute Gasteiger partial charge is 0.480 e. The van der Waals surface area contributed by atoms with Crippen LogP contribution in [0.1, 0.15) is 13.3 Å². The number of amides is 2. The summed E-state index contributed by atoms with van der Waals surface area (Å²) in [6.07, 6.45) is 1.01. The third-order valence-electron chi connectivity index (χ3n) is 2.81. The van der Waals surface area contributed by atoms with Gasteiger partial charge in [-0.05, 0) is 6.42 Å². The highest BCUT2D eigenvalue weighted by Crippen LogP contribution is 2.20. The summed E-state index contributed by atoms with van der Waals surface area (Å²) in [7, 11) is 1.41. The van der Waals surface area contributed by atoms with Gasteiger partial charge in [0.2, 0.25) is 0 Å². The summed E-state index contributed by atoms with van der Waals surface area (Å²) in [5.74, 6) is -0.183. The summed E-state index contributed by atoms with van der Waals surface area (Å²) in [4.78, 5) is 24.5. The van der Waals surface area contributed by atoms with Crippen molar-refractivity contribution in [3.63, 3.8) is 0 Å². The highest BCUT2D eigenvalue weighted by Gasteiger charge is 2.26. The first-order valence-electron chi connectivity index (χ1n) is 5.97. The number of rotatable bonds is 5. The van der Waals surface area contributed by atoms with Crippen molar-refractivity contribution in [1.82, 2.24) is 10.2 Å². The van der Waals surface area contributed by atoms with Crippen LogP contribution < -0.4 is 5.32 Å². The summed E-state index contributed by atoms with van der Waals surface area (Å²) >= 11 is 1.86. The SMILES string of the molecule is CCC1CN(C(=O)NC(COC)C(=O)O)CCS1. The minimum atomic E-state index is -1.08. The first-order valence-corrected chi connectivity index (χ1v) is 7.02. The molecule has 0 aromatic heterocycles. The zero-order valence-electron chi connectivity index (χ0n) is 10.7. The fourth-order valence-electron chi connectivity index (χ4n) is 1.73. The van der Waals surface area contributed by atoms with Gasteiger partial charge in [0.25, 0.3) is 0 Å². The third kappa shape index (κ3) is 4.38. The lowest BCUT2D eigenvalue weighted by Crippen LogP contribution is -2.52. The van der Waals surface area contributed by atoms with E-state index in [-0.39, 0.29) is 12.6 Å². The highest BCUT2D eigenvalue weighted by atomic mass is 32.2. The van der Waals surface area contributed by atoms with E-state index >= 15 is 0 Å². The Morgan fingerprint density at radius 3 is 2.89 bits per heavy atom. The molecule has 1 aliphatic heterocycles. The number of carboxylic acid groups (broad SMARTS) is 1. The van der Waals surface area contributed by atoms with Gasteiger partial charge >= 0.3 is 12.0 Å². The molecule has 7 heteroatoms. The number of carbonyl (C=O) groups excluding carboxylic acids is 1. The summed E-state index contributed by atoms with van der Waals surface area (Å²) in [5.41, 5.74) is 0. The number of hydrogen-bond donors (Lipinski definition) is 2. The first-order chi connectivity index (χ1) is 8.58. The number of aliphatic carboxylic acids is 1. The number of urea groups is 1. The minimum Gasteiger partial charge on any atom is -0.480 e. The molecule has 2 N–H and O–H groups in total. The van der Waals surface area contributed by atoms with Crippen molar-refractivity contribution in [1.29, 1.82) is 0 Å². The van der Waals surface area contributed by atoms with E-state index in [1.54, 1.807) is 4.90 Å².